The summed E-state index contributed by atoms with van der Waals surface area (Å²) in [5.74, 6) is -0.0888. The second-order valence-corrected chi connectivity index (χ2v) is 17.0. The molecule has 0 saturated carbocycles. The van der Waals surface area contributed by atoms with Crippen LogP contribution >= 0.6 is 0 Å². The number of aryl methyl sites for hydroxylation is 3. The fraction of sp³-hybridized carbons (Fsp3) is 0.0806. The molecule has 0 fully saturated rings. The Morgan fingerprint density at radius 2 is 0.940 bits per heavy atom. The fourth-order valence-corrected chi connectivity index (χ4v) is 9.04. The van der Waals surface area contributed by atoms with Gasteiger partial charge in [-0.2, -0.15) is 0 Å². The molecule has 0 bridgehead atoms. The van der Waals surface area contributed by atoms with Crippen LogP contribution in [0.1, 0.15) is 30.0 Å². The molecule has 2 aromatic heterocycles. The molecule has 0 atom stereocenters. The normalized spacial score (nSPS) is 11.4. The average Bonchev–Trinajstić information content (AvgIpc) is 3.36. The van der Waals surface area contributed by atoms with E-state index in [-0.39, 0.29) is 38.1 Å². The molecule has 0 aliphatic heterocycles. The number of pyridine rings is 2. The van der Waals surface area contributed by atoms with Gasteiger partial charge in [0.05, 0.1) is 16.8 Å². The number of fused-ring (bicyclic) bond motifs is 2. The Bertz CT molecular complexity index is 3290. The van der Waals surface area contributed by atoms with Gasteiger partial charge in [0.1, 0.15) is 0 Å². The van der Waals surface area contributed by atoms with Crippen LogP contribution < -0.4 is 0 Å². The van der Waals surface area contributed by atoms with Crippen molar-refractivity contribution in [1.82, 2.24) is 9.97 Å². The van der Waals surface area contributed by atoms with E-state index < -0.39 is 0 Å². The van der Waals surface area contributed by atoms with Gasteiger partial charge in [0, 0.05) is 32.6 Å². The number of benzene rings is 8. The van der Waals surface area contributed by atoms with Crippen LogP contribution in [0, 0.1) is 26.0 Å². The SMILES string of the molecule is C/C(O)=C/C(=O)CCc1ccccc1-c1cc(-c2ccccc2-c2c[c-]c(-c3ccc4cccc(C)c4n3)cc2)cc(-c2ccccc2-c2c[c-]c(-c3ccc4cccc(C)c4n3)cc2)c1.[Ir]. The Balaban J connectivity index is 0.00000562. The number of nitrogens with zero attached hydrogens (tertiary/aromatic N) is 2. The standard InChI is InChI=1S/C62H46N2O2.Ir/c1-40-12-10-15-48-31-34-59(63-61(40)48)46-26-22-44(23-27-46)55-18-6-8-20-57(55)51-37-50(54-17-5-4-14-43(54)30-33-53(66)36-42(3)65)38-52(39-51)58-21-9-7-19-56(58)45-24-28-47(29-25-45)60-35-32-49-16-11-13-41(2)62(49)64-60;/h4-26,28,31-32,34-39,65H,30,33H2,1-3H3;/q-2;/b42-36-;. The maximum absolute atomic E-state index is 12.8. The van der Waals surface area contributed by atoms with Crippen LogP contribution in [0.3, 0.4) is 0 Å². The molecule has 0 aliphatic carbocycles. The first-order valence-corrected chi connectivity index (χ1v) is 22.4. The number of rotatable bonds is 11. The van der Waals surface area contributed by atoms with Crippen LogP contribution in [0.5, 0.6) is 0 Å². The van der Waals surface area contributed by atoms with Crippen molar-refractivity contribution in [3.63, 3.8) is 0 Å². The number of aliphatic hydroxyl groups is 1. The molecule has 0 amide bonds. The summed E-state index contributed by atoms with van der Waals surface area (Å²) in [6.45, 7) is 5.72. The monoisotopic (exact) mass is 1040 g/mol. The van der Waals surface area contributed by atoms with Gasteiger partial charge in [0.25, 0.3) is 0 Å². The Labute approximate surface area is 405 Å². The Morgan fingerprint density at radius 1 is 0.507 bits per heavy atom. The second kappa shape index (κ2) is 19.5. The number of carbonyl (C=O) groups excluding carboxylic acids is 1. The smallest absolute Gasteiger partial charge is 0.159 e. The van der Waals surface area contributed by atoms with Crippen molar-refractivity contribution in [3.05, 3.63) is 229 Å². The van der Waals surface area contributed by atoms with Crippen LogP contribution in [0.15, 0.2) is 200 Å². The van der Waals surface area contributed by atoms with Crippen molar-refractivity contribution in [2.24, 2.45) is 0 Å². The minimum atomic E-state index is -0.106. The molecule has 327 valence electrons. The number of allylic oxidation sites excluding steroid dienone is 2. The Morgan fingerprint density at radius 3 is 1.39 bits per heavy atom. The van der Waals surface area contributed by atoms with Crippen LogP contribution in [0.4, 0.5) is 0 Å². The molecular weight excluding hydrogens is 997 g/mol. The van der Waals surface area contributed by atoms with Gasteiger partial charge in [-0.15, -0.1) is 59.7 Å². The zero-order valence-corrected chi connectivity index (χ0v) is 39.9. The number of carbonyl (C=O) groups is 1. The number of ketones is 1. The molecule has 2 heterocycles. The molecule has 10 rings (SSSR count). The number of para-hydroxylation sites is 2. The summed E-state index contributed by atoms with van der Waals surface area (Å²) in [7, 11) is 0. The fourth-order valence-electron chi connectivity index (χ4n) is 9.04. The molecule has 5 heteroatoms. The molecule has 10 aromatic rings. The predicted octanol–water partition coefficient (Wildman–Crippen LogP) is 15.6. The minimum absolute atomic E-state index is 0. The first-order valence-electron chi connectivity index (χ1n) is 22.4. The Hall–Kier alpha value is -7.56. The first-order chi connectivity index (χ1) is 32.3. The summed E-state index contributed by atoms with van der Waals surface area (Å²) in [6.07, 6.45) is 2.13. The number of aromatic nitrogens is 2. The molecule has 0 unspecified atom stereocenters. The van der Waals surface area contributed by atoms with E-state index in [9.17, 15) is 9.90 Å². The van der Waals surface area contributed by atoms with Gasteiger partial charge < -0.3 is 5.11 Å². The average molecular weight is 1040 g/mol. The number of hydrogen-bond donors (Lipinski definition) is 1. The minimum Gasteiger partial charge on any atom is -0.512 e. The van der Waals surface area contributed by atoms with E-state index in [1.54, 1.807) is 0 Å². The zero-order chi connectivity index (χ0) is 45.1. The molecule has 0 spiro atoms. The van der Waals surface area contributed by atoms with Crippen molar-refractivity contribution in [3.8, 4) is 78.1 Å². The number of hydrogen-bond acceptors (Lipinski definition) is 4. The van der Waals surface area contributed by atoms with E-state index in [0.29, 0.717) is 6.42 Å². The summed E-state index contributed by atoms with van der Waals surface area (Å²) in [5, 5.41) is 12.0. The molecular formula is C62H46IrN2O2-2. The van der Waals surface area contributed by atoms with E-state index >= 15 is 0 Å². The largest absolute Gasteiger partial charge is 0.512 e. The van der Waals surface area contributed by atoms with Crippen molar-refractivity contribution < 1.29 is 30.0 Å². The van der Waals surface area contributed by atoms with E-state index in [2.05, 4.69) is 208 Å². The molecule has 1 radical (unpaired) electrons. The third-order valence-corrected chi connectivity index (χ3v) is 12.4. The quantitative estimate of drug-likeness (QED) is 0.0796. The second-order valence-electron chi connectivity index (χ2n) is 17.0. The van der Waals surface area contributed by atoms with Crippen molar-refractivity contribution in [1.29, 1.82) is 0 Å². The van der Waals surface area contributed by atoms with Gasteiger partial charge in [-0.1, -0.05) is 156 Å². The van der Waals surface area contributed by atoms with Crippen LogP contribution in [0.25, 0.3) is 100.0 Å². The van der Waals surface area contributed by atoms with E-state index in [1.807, 2.05) is 6.07 Å². The maximum atomic E-state index is 12.8. The van der Waals surface area contributed by atoms with Crippen LogP contribution in [-0.4, -0.2) is 20.9 Å². The van der Waals surface area contributed by atoms with Crippen molar-refractivity contribution in [2.75, 3.05) is 0 Å². The third kappa shape index (κ3) is 9.44. The van der Waals surface area contributed by atoms with Gasteiger partial charge in [0.15, 0.2) is 5.78 Å². The zero-order valence-electron chi connectivity index (χ0n) is 37.5. The third-order valence-electron chi connectivity index (χ3n) is 12.4. The molecule has 0 saturated heterocycles. The molecule has 1 N–H and O–H groups in total. The first kappa shape index (κ1) is 44.6. The van der Waals surface area contributed by atoms with Gasteiger partial charge >= 0.3 is 0 Å². The molecule has 0 aliphatic rings. The van der Waals surface area contributed by atoms with Crippen molar-refractivity contribution in [2.45, 2.75) is 33.6 Å². The topological polar surface area (TPSA) is 63.1 Å². The van der Waals surface area contributed by atoms with E-state index in [4.69, 9.17) is 9.97 Å². The molecule has 4 nitrogen and oxygen atoms in total. The van der Waals surface area contributed by atoms with E-state index in [0.717, 1.165) is 117 Å². The van der Waals surface area contributed by atoms with Gasteiger partial charge in [0.2, 0.25) is 0 Å². The van der Waals surface area contributed by atoms with Crippen LogP contribution in [0.2, 0.25) is 0 Å². The van der Waals surface area contributed by atoms with E-state index in [1.165, 1.54) is 13.0 Å². The van der Waals surface area contributed by atoms with Gasteiger partial charge in [-0.25, -0.2) is 0 Å². The van der Waals surface area contributed by atoms with Gasteiger partial charge in [-0.3, -0.25) is 14.8 Å². The summed E-state index contributed by atoms with van der Waals surface area (Å²) in [6, 6.07) is 73.0. The number of aliphatic hydroxyl groups excluding tert-OH is 1. The summed E-state index contributed by atoms with van der Waals surface area (Å²) >= 11 is 0. The van der Waals surface area contributed by atoms with Gasteiger partial charge in [-0.05, 0) is 118 Å². The molecule has 67 heavy (non-hydrogen) atoms. The van der Waals surface area contributed by atoms with Crippen molar-refractivity contribution >= 4 is 27.6 Å². The summed E-state index contributed by atoms with van der Waals surface area (Å²) in [4.78, 5) is 22.8. The summed E-state index contributed by atoms with van der Waals surface area (Å²) < 4.78 is 0. The molecule has 8 aromatic carbocycles. The Kier molecular flexibility index (Phi) is 13.0. The maximum Gasteiger partial charge on any atom is 0.159 e. The predicted molar refractivity (Wildman–Crippen MR) is 272 cm³/mol. The summed E-state index contributed by atoms with van der Waals surface area (Å²) in [5.41, 5.74) is 19.7. The van der Waals surface area contributed by atoms with Crippen LogP contribution in [-0.2, 0) is 31.3 Å².